The first-order chi connectivity index (χ1) is 7.60. The van der Waals surface area contributed by atoms with Gasteiger partial charge in [0.15, 0.2) is 0 Å². The van der Waals surface area contributed by atoms with Crippen molar-refractivity contribution < 1.29 is 14.2 Å². The van der Waals surface area contributed by atoms with Crippen LogP contribution in [0.1, 0.15) is 44.8 Å². The Labute approximate surface area is 95.1 Å². The number of rotatable bonds is 2. The lowest BCUT2D eigenvalue weighted by atomic mass is 9.85. The molecule has 0 unspecified atom stereocenters. The third-order valence-electron chi connectivity index (χ3n) is 3.52. The first-order valence-electron chi connectivity index (χ1n) is 5.77. The molecule has 0 saturated heterocycles. The van der Waals surface area contributed by atoms with Crippen molar-refractivity contribution in [1.82, 2.24) is 0 Å². The molecule has 3 heteroatoms. The number of aliphatic hydroxyl groups is 1. The minimum absolute atomic E-state index is 0.325. The summed E-state index contributed by atoms with van der Waals surface area (Å²) >= 11 is 0. The second-order valence-electron chi connectivity index (χ2n) is 4.39. The lowest BCUT2D eigenvalue weighted by Gasteiger charge is -2.39. The van der Waals surface area contributed by atoms with Crippen LogP contribution in [0.25, 0.3) is 0 Å². The normalized spacial score (nSPS) is 22.4. The van der Waals surface area contributed by atoms with Crippen LogP contribution in [-0.4, -0.2) is 10.7 Å². The van der Waals surface area contributed by atoms with E-state index in [0.29, 0.717) is 17.7 Å². The molecule has 1 heterocycles. The molecule has 1 N–H and O–H groups in total. The zero-order chi connectivity index (χ0) is 11.8. The molecule has 1 aromatic rings. The molecule has 0 spiro atoms. The Balaban J connectivity index is 2.41. The van der Waals surface area contributed by atoms with E-state index in [2.05, 4.69) is 0 Å². The van der Waals surface area contributed by atoms with Crippen molar-refractivity contribution in [1.29, 1.82) is 0 Å². The van der Waals surface area contributed by atoms with E-state index >= 15 is 0 Å². The SMILES string of the molecule is CCC1(CC)C[C@@H](O)c2ccc(F)cc2O1. The second-order valence-corrected chi connectivity index (χ2v) is 4.39. The topological polar surface area (TPSA) is 29.5 Å². The molecule has 1 atom stereocenters. The third-order valence-corrected chi connectivity index (χ3v) is 3.52. The summed E-state index contributed by atoms with van der Waals surface area (Å²) < 4.78 is 19.0. The van der Waals surface area contributed by atoms with Crippen molar-refractivity contribution in [2.45, 2.75) is 44.8 Å². The van der Waals surface area contributed by atoms with Crippen LogP contribution in [0.2, 0.25) is 0 Å². The number of hydrogen-bond acceptors (Lipinski definition) is 2. The third kappa shape index (κ3) is 1.80. The predicted molar refractivity (Wildman–Crippen MR) is 59.9 cm³/mol. The standard InChI is InChI=1S/C13H17FO2/c1-3-13(4-2)8-11(15)10-6-5-9(14)7-12(10)16-13/h5-7,11,15H,3-4,8H2,1-2H3/t11-/m1/s1. The van der Waals surface area contributed by atoms with Gasteiger partial charge in [-0.25, -0.2) is 4.39 Å². The van der Waals surface area contributed by atoms with Crippen molar-refractivity contribution >= 4 is 0 Å². The Morgan fingerprint density at radius 3 is 2.75 bits per heavy atom. The predicted octanol–water partition coefficient (Wildman–Crippen LogP) is 3.20. The molecule has 1 aliphatic rings. The van der Waals surface area contributed by atoms with Gasteiger partial charge in [-0.05, 0) is 25.0 Å². The fourth-order valence-corrected chi connectivity index (χ4v) is 2.29. The summed E-state index contributed by atoms with van der Waals surface area (Å²) in [5, 5.41) is 10.0. The first-order valence-corrected chi connectivity index (χ1v) is 5.77. The molecule has 1 aromatic carbocycles. The van der Waals surface area contributed by atoms with Crippen molar-refractivity contribution in [2.75, 3.05) is 0 Å². The van der Waals surface area contributed by atoms with Crippen molar-refractivity contribution in [3.05, 3.63) is 29.6 Å². The van der Waals surface area contributed by atoms with Gasteiger partial charge in [0.1, 0.15) is 17.2 Å². The van der Waals surface area contributed by atoms with Gasteiger partial charge in [-0.15, -0.1) is 0 Å². The number of aliphatic hydroxyl groups excluding tert-OH is 1. The van der Waals surface area contributed by atoms with Crippen LogP contribution < -0.4 is 4.74 Å². The maximum Gasteiger partial charge on any atom is 0.128 e. The highest BCUT2D eigenvalue weighted by atomic mass is 19.1. The lowest BCUT2D eigenvalue weighted by molar-refractivity contribution is -0.0198. The Kier molecular flexibility index (Phi) is 2.89. The van der Waals surface area contributed by atoms with Crippen LogP contribution in [-0.2, 0) is 0 Å². The van der Waals surface area contributed by atoms with Crippen LogP contribution in [0, 0.1) is 5.82 Å². The summed E-state index contributed by atoms with van der Waals surface area (Å²) in [5.74, 6) is 0.163. The van der Waals surface area contributed by atoms with E-state index in [1.54, 1.807) is 6.07 Å². The molecule has 2 nitrogen and oxygen atoms in total. The first kappa shape index (κ1) is 11.4. The largest absolute Gasteiger partial charge is 0.487 e. The summed E-state index contributed by atoms with van der Waals surface area (Å²) in [4.78, 5) is 0. The van der Waals surface area contributed by atoms with Crippen LogP contribution in [0.3, 0.4) is 0 Å². The number of hydrogen-bond donors (Lipinski definition) is 1. The van der Waals surface area contributed by atoms with E-state index in [1.807, 2.05) is 13.8 Å². The van der Waals surface area contributed by atoms with E-state index in [1.165, 1.54) is 12.1 Å². The minimum atomic E-state index is -0.552. The van der Waals surface area contributed by atoms with E-state index in [4.69, 9.17) is 4.74 Å². The lowest BCUT2D eigenvalue weighted by Crippen LogP contribution is -2.40. The Bertz CT molecular complexity index is 386. The molecule has 16 heavy (non-hydrogen) atoms. The molecule has 0 fully saturated rings. The van der Waals surface area contributed by atoms with Crippen LogP contribution in [0.4, 0.5) is 4.39 Å². The number of ether oxygens (including phenoxy) is 1. The highest BCUT2D eigenvalue weighted by Crippen LogP contribution is 2.42. The summed E-state index contributed by atoms with van der Waals surface area (Å²) in [6, 6.07) is 4.32. The average molecular weight is 224 g/mol. The van der Waals surface area contributed by atoms with Crippen LogP contribution in [0.5, 0.6) is 5.75 Å². The number of halogens is 1. The van der Waals surface area contributed by atoms with Crippen molar-refractivity contribution in [2.24, 2.45) is 0 Å². The van der Waals surface area contributed by atoms with Gasteiger partial charge in [0.2, 0.25) is 0 Å². The summed E-state index contributed by atoms with van der Waals surface area (Å²) in [6.45, 7) is 4.06. The molecule has 0 aromatic heterocycles. The number of benzene rings is 1. The zero-order valence-electron chi connectivity index (χ0n) is 9.66. The number of fused-ring (bicyclic) bond motifs is 1. The van der Waals surface area contributed by atoms with Crippen LogP contribution in [0.15, 0.2) is 18.2 Å². The van der Waals surface area contributed by atoms with Gasteiger partial charge in [0.25, 0.3) is 0 Å². The molecule has 0 radical (unpaired) electrons. The average Bonchev–Trinajstić information content (AvgIpc) is 2.28. The Morgan fingerprint density at radius 2 is 2.12 bits per heavy atom. The molecule has 1 aliphatic heterocycles. The van der Waals surface area contributed by atoms with E-state index < -0.39 is 6.10 Å². The molecule has 0 aliphatic carbocycles. The fraction of sp³-hybridized carbons (Fsp3) is 0.538. The van der Waals surface area contributed by atoms with E-state index in [-0.39, 0.29) is 11.4 Å². The maximum absolute atomic E-state index is 13.1. The molecular weight excluding hydrogens is 207 g/mol. The summed E-state index contributed by atoms with van der Waals surface area (Å²) in [6.07, 6.45) is 1.66. The smallest absolute Gasteiger partial charge is 0.128 e. The van der Waals surface area contributed by atoms with Crippen LogP contribution >= 0.6 is 0 Å². The molecular formula is C13H17FO2. The van der Waals surface area contributed by atoms with Gasteiger partial charge in [-0.3, -0.25) is 0 Å². The molecule has 0 amide bonds. The fourth-order valence-electron chi connectivity index (χ4n) is 2.29. The molecule has 0 saturated carbocycles. The molecule has 0 bridgehead atoms. The highest BCUT2D eigenvalue weighted by Gasteiger charge is 2.37. The Morgan fingerprint density at radius 1 is 1.44 bits per heavy atom. The van der Waals surface area contributed by atoms with E-state index in [9.17, 15) is 9.50 Å². The van der Waals surface area contributed by atoms with Gasteiger partial charge >= 0.3 is 0 Å². The van der Waals surface area contributed by atoms with Crippen molar-refractivity contribution in [3.63, 3.8) is 0 Å². The summed E-state index contributed by atoms with van der Waals surface area (Å²) in [5.41, 5.74) is 0.346. The highest BCUT2D eigenvalue weighted by molar-refractivity contribution is 5.38. The van der Waals surface area contributed by atoms with E-state index in [0.717, 1.165) is 12.8 Å². The monoisotopic (exact) mass is 224 g/mol. The van der Waals surface area contributed by atoms with Crippen molar-refractivity contribution in [3.8, 4) is 5.75 Å². The zero-order valence-corrected chi connectivity index (χ0v) is 9.66. The minimum Gasteiger partial charge on any atom is -0.487 e. The van der Waals surface area contributed by atoms with Gasteiger partial charge in [0, 0.05) is 18.1 Å². The summed E-state index contributed by atoms with van der Waals surface area (Å²) in [7, 11) is 0. The second kappa shape index (κ2) is 4.06. The Hall–Kier alpha value is -1.09. The quantitative estimate of drug-likeness (QED) is 0.835. The molecule has 2 rings (SSSR count). The van der Waals surface area contributed by atoms with Gasteiger partial charge in [-0.1, -0.05) is 13.8 Å². The van der Waals surface area contributed by atoms with Gasteiger partial charge in [-0.2, -0.15) is 0 Å². The molecule has 88 valence electrons. The maximum atomic E-state index is 13.1. The van der Waals surface area contributed by atoms with Gasteiger partial charge in [0.05, 0.1) is 6.10 Å². The van der Waals surface area contributed by atoms with Gasteiger partial charge < -0.3 is 9.84 Å².